The molecule has 0 unspecified atom stereocenters. The molecule has 18 heavy (non-hydrogen) atoms. The zero-order valence-corrected chi connectivity index (χ0v) is 10.1. The van der Waals surface area contributed by atoms with Crippen molar-refractivity contribution in [1.29, 1.82) is 10.7 Å². The molecule has 0 radical (unpaired) electrons. The molecular formula is C13H14FN3O. The Labute approximate surface area is 106 Å². The van der Waals surface area contributed by atoms with Crippen LogP contribution in [0, 0.1) is 16.7 Å². The lowest BCUT2D eigenvalue weighted by molar-refractivity contribution is -0.105. The lowest BCUT2D eigenvalue weighted by Crippen LogP contribution is -2.23. The molecule has 0 fully saturated rings. The van der Waals surface area contributed by atoms with Gasteiger partial charge in [0.05, 0.1) is 23.7 Å². The van der Waals surface area contributed by atoms with Crippen LogP contribution < -0.4 is 0 Å². The van der Waals surface area contributed by atoms with Gasteiger partial charge in [-0.3, -0.25) is 10.2 Å². The third kappa shape index (κ3) is 4.58. The van der Waals surface area contributed by atoms with Crippen LogP contribution in [0.3, 0.4) is 0 Å². The highest BCUT2D eigenvalue weighted by Crippen LogP contribution is 2.12. The average Bonchev–Trinajstić information content (AvgIpc) is 2.40. The minimum atomic E-state index is -0.672. The monoisotopic (exact) mass is 247 g/mol. The first-order valence-electron chi connectivity index (χ1n) is 5.01. The van der Waals surface area contributed by atoms with Gasteiger partial charge in [-0.05, 0) is 18.6 Å². The molecule has 0 aromatic carbocycles. The van der Waals surface area contributed by atoms with Crippen molar-refractivity contribution < 1.29 is 9.18 Å². The van der Waals surface area contributed by atoms with Crippen LogP contribution in [0.15, 0.2) is 48.0 Å². The van der Waals surface area contributed by atoms with Crippen molar-refractivity contribution in [3.05, 3.63) is 48.0 Å². The molecule has 0 rings (SSSR count). The summed E-state index contributed by atoms with van der Waals surface area (Å²) in [5.41, 5.74) is 0.456. The van der Waals surface area contributed by atoms with Gasteiger partial charge < -0.3 is 4.90 Å². The number of allylic oxidation sites excluding steroid dienone is 4. The lowest BCUT2D eigenvalue weighted by atomic mass is 10.2. The molecule has 0 heterocycles. The van der Waals surface area contributed by atoms with Crippen LogP contribution in [-0.2, 0) is 4.79 Å². The highest BCUT2D eigenvalue weighted by Gasteiger charge is 2.06. The van der Waals surface area contributed by atoms with Gasteiger partial charge in [-0.25, -0.2) is 4.39 Å². The molecule has 0 saturated heterocycles. The molecule has 0 atom stereocenters. The SMILES string of the molecule is C=C/C(=C\C(F)=C(/C)C#N)CN(C=N)C(=C)C=O. The number of rotatable bonds is 7. The Morgan fingerprint density at radius 3 is 2.61 bits per heavy atom. The van der Waals surface area contributed by atoms with Gasteiger partial charge in [0.1, 0.15) is 5.83 Å². The number of hydrogen-bond acceptors (Lipinski definition) is 3. The number of hydrogen-bond donors (Lipinski definition) is 1. The second-order valence-electron chi connectivity index (χ2n) is 3.37. The maximum absolute atomic E-state index is 13.4. The van der Waals surface area contributed by atoms with E-state index in [1.54, 1.807) is 6.07 Å². The molecular weight excluding hydrogens is 233 g/mol. The summed E-state index contributed by atoms with van der Waals surface area (Å²) in [7, 11) is 0. The van der Waals surface area contributed by atoms with E-state index in [4.69, 9.17) is 10.7 Å². The van der Waals surface area contributed by atoms with Gasteiger partial charge >= 0.3 is 0 Å². The van der Waals surface area contributed by atoms with Gasteiger partial charge in [0.25, 0.3) is 0 Å². The van der Waals surface area contributed by atoms with Crippen LogP contribution in [0.4, 0.5) is 4.39 Å². The van der Waals surface area contributed by atoms with Crippen molar-refractivity contribution in [2.45, 2.75) is 6.92 Å². The fraction of sp³-hybridized carbons (Fsp3) is 0.154. The Kier molecular flexibility index (Phi) is 6.67. The van der Waals surface area contributed by atoms with E-state index in [2.05, 4.69) is 13.2 Å². The van der Waals surface area contributed by atoms with Crippen LogP contribution in [0.25, 0.3) is 0 Å². The number of halogens is 1. The molecule has 0 aromatic rings. The fourth-order valence-electron chi connectivity index (χ4n) is 0.988. The average molecular weight is 247 g/mol. The first-order valence-corrected chi connectivity index (χ1v) is 5.01. The third-order valence-corrected chi connectivity index (χ3v) is 2.11. The summed E-state index contributed by atoms with van der Waals surface area (Å²) in [6.45, 7) is 8.39. The Morgan fingerprint density at radius 2 is 2.22 bits per heavy atom. The van der Waals surface area contributed by atoms with E-state index in [1.807, 2.05) is 0 Å². The molecule has 94 valence electrons. The molecule has 0 spiro atoms. The van der Waals surface area contributed by atoms with Crippen LogP contribution >= 0.6 is 0 Å². The fourth-order valence-corrected chi connectivity index (χ4v) is 0.988. The smallest absolute Gasteiger partial charge is 0.165 e. The molecule has 0 amide bonds. The van der Waals surface area contributed by atoms with Crippen molar-refractivity contribution in [3.8, 4) is 6.07 Å². The largest absolute Gasteiger partial charge is 0.326 e. The molecule has 0 aliphatic carbocycles. The number of aldehydes is 1. The summed E-state index contributed by atoms with van der Waals surface area (Å²) in [4.78, 5) is 11.8. The predicted molar refractivity (Wildman–Crippen MR) is 68.4 cm³/mol. The second kappa shape index (κ2) is 7.74. The summed E-state index contributed by atoms with van der Waals surface area (Å²) >= 11 is 0. The van der Waals surface area contributed by atoms with E-state index in [0.29, 0.717) is 11.9 Å². The number of nitrogens with zero attached hydrogens (tertiary/aromatic N) is 2. The van der Waals surface area contributed by atoms with E-state index in [0.717, 1.165) is 12.4 Å². The molecule has 0 saturated carbocycles. The van der Waals surface area contributed by atoms with Crippen molar-refractivity contribution in [2.75, 3.05) is 6.54 Å². The molecule has 5 heteroatoms. The van der Waals surface area contributed by atoms with Crippen molar-refractivity contribution >= 4 is 12.6 Å². The van der Waals surface area contributed by atoms with Crippen LogP contribution in [-0.4, -0.2) is 24.1 Å². The molecule has 0 bridgehead atoms. The summed E-state index contributed by atoms with van der Waals surface area (Å²) < 4.78 is 13.4. The predicted octanol–water partition coefficient (Wildman–Crippen LogP) is 2.49. The lowest BCUT2D eigenvalue weighted by Gasteiger charge is -2.17. The number of nitrogens with one attached hydrogen (secondary N) is 1. The van der Waals surface area contributed by atoms with Gasteiger partial charge in [0, 0.05) is 6.54 Å². The maximum atomic E-state index is 13.4. The third-order valence-electron chi connectivity index (χ3n) is 2.11. The van der Waals surface area contributed by atoms with Crippen molar-refractivity contribution in [1.82, 2.24) is 4.90 Å². The Morgan fingerprint density at radius 1 is 1.61 bits per heavy atom. The van der Waals surface area contributed by atoms with Crippen molar-refractivity contribution in [2.24, 2.45) is 0 Å². The Bertz CT molecular complexity index is 469. The second-order valence-corrected chi connectivity index (χ2v) is 3.37. The van der Waals surface area contributed by atoms with Crippen LogP contribution in [0.2, 0.25) is 0 Å². The number of carbonyl (C=O) groups is 1. The Hall–Kier alpha value is -2.48. The van der Waals surface area contributed by atoms with Gasteiger partial charge in [0.2, 0.25) is 0 Å². The van der Waals surface area contributed by atoms with E-state index < -0.39 is 5.83 Å². The van der Waals surface area contributed by atoms with Gasteiger partial charge in [-0.1, -0.05) is 19.2 Å². The van der Waals surface area contributed by atoms with Gasteiger partial charge in [0.15, 0.2) is 6.29 Å². The normalized spacial score (nSPS) is 11.9. The summed E-state index contributed by atoms with van der Waals surface area (Å²) in [6, 6.07) is 1.69. The van der Waals surface area contributed by atoms with Gasteiger partial charge in [-0.15, -0.1) is 0 Å². The van der Waals surface area contributed by atoms with E-state index >= 15 is 0 Å². The summed E-state index contributed by atoms with van der Waals surface area (Å²) in [6.07, 6.45) is 3.93. The zero-order chi connectivity index (χ0) is 14.1. The van der Waals surface area contributed by atoms with Crippen molar-refractivity contribution in [3.63, 3.8) is 0 Å². The van der Waals surface area contributed by atoms with E-state index in [1.165, 1.54) is 17.9 Å². The number of nitriles is 1. The zero-order valence-electron chi connectivity index (χ0n) is 10.1. The molecule has 0 aliphatic rings. The molecule has 4 nitrogen and oxygen atoms in total. The first kappa shape index (κ1) is 15.5. The van der Waals surface area contributed by atoms with E-state index in [-0.39, 0.29) is 17.8 Å². The summed E-state index contributed by atoms with van der Waals surface area (Å²) in [5.74, 6) is -0.672. The minimum absolute atomic E-state index is 0.0510. The van der Waals surface area contributed by atoms with Crippen LogP contribution in [0.5, 0.6) is 0 Å². The molecule has 0 aromatic heterocycles. The Balaban J connectivity index is 5.14. The standard InChI is InChI=1S/C13H14FN3O/c1-4-12(5-13(14)10(2)6-15)7-17(9-16)11(3)8-18/h4-5,8-9,16H,1,3,7H2,2H3/b12-5+,13-10-,16-9?. The van der Waals surface area contributed by atoms with Crippen LogP contribution in [0.1, 0.15) is 6.92 Å². The topological polar surface area (TPSA) is 68.0 Å². The quantitative estimate of drug-likeness (QED) is 0.188. The molecule has 0 aliphatic heterocycles. The van der Waals surface area contributed by atoms with Gasteiger partial charge in [-0.2, -0.15) is 5.26 Å². The maximum Gasteiger partial charge on any atom is 0.165 e. The minimum Gasteiger partial charge on any atom is -0.326 e. The highest BCUT2D eigenvalue weighted by molar-refractivity contribution is 5.76. The highest BCUT2D eigenvalue weighted by atomic mass is 19.1. The number of carbonyl (C=O) groups excluding carboxylic acids is 1. The summed E-state index contributed by atoms with van der Waals surface area (Å²) in [5, 5.41) is 15.7. The van der Waals surface area contributed by atoms with E-state index in [9.17, 15) is 9.18 Å². The molecule has 1 N–H and O–H groups in total. The first-order chi connectivity index (χ1) is 8.49.